The van der Waals surface area contributed by atoms with Gasteiger partial charge in [0.1, 0.15) is 6.04 Å². The average molecular weight is 254 g/mol. The first-order chi connectivity index (χ1) is 8.00. The predicted octanol–water partition coefficient (Wildman–Crippen LogP) is 0.431. The number of amides is 1. The van der Waals surface area contributed by atoms with Crippen molar-refractivity contribution in [3.8, 4) is 0 Å². The van der Waals surface area contributed by atoms with Crippen LogP contribution in [0.25, 0.3) is 0 Å². The fraction of sp³-hybridized carbons (Fsp3) is 0.273. The highest BCUT2D eigenvalue weighted by atomic mass is 32.2. The van der Waals surface area contributed by atoms with E-state index in [9.17, 15) is 9.59 Å². The van der Waals surface area contributed by atoms with Crippen LogP contribution < -0.4 is 11.5 Å². The van der Waals surface area contributed by atoms with Crippen LogP contribution >= 0.6 is 11.8 Å². The van der Waals surface area contributed by atoms with Crippen molar-refractivity contribution in [3.63, 3.8) is 0 Å². The van der Waals surface area contributed by atoms with E-state index in [1.54, 1.807) is 24.3 Å². The number of carboxylic acid groups (broad SMARTS) is 1. The molecule has 1 rings (SSSR count). The van der Waals surface area contributed by atoms with Gasteiger partial charge in [0.2, 0.25) is 5.91 Å². The van der Waals surface area contributed by atoms with Gasteiger partial charge in [-0.15, -0.1) is 0 Å². The highest BCUT2D eigenvalue weighted by molar-refractivity contribution is 7.98. The maximum atomic E-state index is 10.8. The SMILES string of the molecule is NC(=O)c1ccc(CSC[C@@H](N)C(=O)O)cc1. The molecule has 0 unspecified atom stereocenters. The molecule has 0 saturated heterocycles. The second kappa shape index (κ2) is 6.27. The number of carboxylic acids is 1. The maximum Gasteiger partial charge on any atom is 0.321 e. The molecule has 1 aromatic carbocycles. The standard InChI is InChI=1S/C11H14N2O3S/c12-9(11(15)16)6-17-5-7-1-3-8(4-2-7)10(13)14/h1-4,9H,5-6,12H2,(H2,13,14)(H,15,16)/t9-/m1/s1. The van der Waals surface area contributed by atoms with Gasteiger partial charge in [0, 0.05) is 17.1 Å². The molecule has 0 heterocycles. The largest absolute Gasteiger partial charge is 0.480 e. The topological polar surface area (TPSA) is 106 Å². The highest BCUT2D eigenvalue weighted by Crippen LogP contribution is 2.13. The average Bonchev–Trinajstić information content (AvgIpc) is 2.29. The summed E-state index contributed by atoms with van der Waals surface area (Å²) in [7, 11) is 0. The van der Waals surface area contributed by atoms with Crippen molar-refractivity contribution >= 4 is 23.6 Å². The lowest BCUT2D eigenvalue weighted by molar-refractivity contribution is -0.137. The fourth-order valence-corrected chi connectivity index (χ4v) is 2.08. The summed E-state index contributed by atoms with van der Waals surface area (Å²) < 4.78 is 0. The van der Waals surface area contributed by atoms with Crippen molar-refractivity contribution in [2.24, 2.45) is 11.5 Å². The van der Waals surface area contributed by atoms with Crippen molar-refractivity contribution in [1.82, 2.24) is 0 Å². The van der Waals surface area contributed by atoms with Gasteiger partial charge >= 0.3 is 5.97 Å². The van der Waals surface area contributed by atoms with Gasteiger partial charge in [-0.05, 0) is 17.7 Å². The number of benzene rings is 1. The summed E-state index contributed by atoms with van der Waals surface area (Å²) in [6, 6.07) is 6.04. The van der Waals surface area contributed by atoms with E-state index in [1.807, 2.05) is 0 Å². The normalized spacial score (nSPS) is 12.1. The monoisotopic (exact) mass is 254 g/mol. The van der Waals surface area contributed by atoms with Crippen molar-refractivity contribution in [2.75, 3.05) is 5.75 Å². The summed E-state index contributed by atoms with van der Waals surface area (Å²) in [5.74, 6) is -0.453. The Morgan fingerprint density at radius 1 is 1.29 bits per heavy atom. The molecule has 17 heavy (non-hydrogen) atoms. The zero-order chi connectivity index (χ0) is 12.8. The van der Waals surface area contributed by atoms with Crippen molar-refractivity contribution in [2.45, 2.75) is 11.8 Å². The lowest BCUT2D eigenvalue weighted by atomic mass is 10.1. The van der Waals surface area contributed by atoms with Crippen molar-refractivity contribution in [3.05, 3.63) is 35.4 Å². The number of hydrogen-bond donors (Lipinski definition) is 3. The number of aliphatic carboxylic acids is 1. The predicted molar refractivity (Wildman–Crippen MR) is 66.7 cm³/mol. The van der Waals surface area contributed by atoms with Crippen LogP contribution in [0.1, 0.15) is 15.9 Å². The van der Waals surface area contributed by atoms with Gasteiger partial charge in [0.05, 0.1) is 0 Å². The van der Waals surface area contributed by atoms with Crippen LogP contribution in [-0.2, 0) is 10.5 Å². The lowest BCUT2D eigenvalue weighted by Gasteiger charge is -2.06. The zero-order valence-corrected chi connectivity index (χ0v) is 9.94. The van der Waals surface area contributed by atoms with Gasteiger partial charge < -0.3 is 16.6 Å². The smallest absolute Gasteiger partial charge is 0.321 e. The molecule has 0 spiro atoms. The van der Waals surface area contributed by atoms with Crippen LogP contribution in [0.3, 0.4) is 0 Å². The van der Waals surface area contributed by atoms with Crippen LogP contribution in [0.5, 0.6) is 0 Å². The Morgan fingerprint density at radius 3 is 2.35 bits per heavy atom. The number of primary amides is 1. The van der Waals surface area contributed by atoms with Gasteiger partial charge in [-0.1, -0.05) is 12.1 Å². The summed E-state index contributed by atoms with van der Waals surface area (Å²) in [5.41, 5.74) is 11.9. The van der Waals surface area contributed by atoms with E-state index >= 15 is 0 Å². The molecule has 1 aromatic rings. The van der Waals surface area contributed by atoms with Crippen LogP contribution in [0.2, 0.25) is 0 Å². The summed E-state index contributed by atoms with van der Waals surface area (Å²) in [4.78, 5) is 21.3. The zero-order valence-electron chi connectivity index (χ0n) is 9.13. The highest BCUT2D eigenvalue weighted by Gasteiger charge is 2.10. The Kier molecular flexibility index (Phi) is 4.99. The minimum Gasteiger partial charge on any atom is -0.480 e. The van der Waals surface area contributed by atoms with Crippen LogP contribution in [-0.4, -0.2) is 28.8 Å². The maximum absolute atomic E-state index is 10.8. The first-order valence-corrected chi connectivity index (χ1v) is 6.11. The Bertz CT molecular complexity index is 406. The van der Waals surface area contributed by atoms with E-state index in [0.717, 1.165) is 5.56 Å². The number of thioether (sulfide) groups is 1. The molecule has 0 aromatic heterocycles. The molecule has 0 bridgehead atoms. The molecule has 0 aliphatic rings. The molecule has 0 radical (unpaired) electrons. The van der Waals surface area contributed by atoms with Gasteiger partial charge in [0.25, 0.3) is 0 Å². The Hall–Kier alpha value is -1.53. The number of carbonyl (C=O) groups excluding carboxylic acids is 1. The van der Waals surface area contributed by atoms with E-state index in [-0.39, 0.29) is 0 Å². The molecule has 0 saturated carbocycles. The van der Waals surface area contributed by atoms with Crippen molar-refractivity contribution < 1.29 is 14.7 Å². The molecule has 92 valence electrons. The molecule has 1 amide bonds. The Morgan fingerprint density at radius 2 is 1.88 bits per heavy atom. The molecule has 0 aliphatic heterocycles. The molecule has 0 fully saturated rings. The second-order valence-corrected chi connectivity index (χ2v) is 4.55. The van der Waals surface area contributed by atoms with Gasteiger partial charge in [-0.2, -0.15) is 11.8 Å². The molecule has 6 heteroatoms. The third-order valence-electron chi connectivity index (χ3n) is 2.12. The minimum atomic E-state index is -0.999. The molecule has 5 N–H and O–H groups in total. The van der Waals surface area contributed by atoms with Gasteiger partial charge in [-0.3, -0.25) is 9.59 Å². The summed E-state index contributed by atoms with van der Waals surface area (Å²) in [6.07, 6.45) is 0. The number of rotatable bonds is 6. The van der Waals surface area contributed by atoms with E-state index in [0.29, 0.717) is 17.1 Å². The minimum absolute atomic E-state index is 0.354. The van der Waals surface area contributed by atoms with E-state index in [4.69, 9.17) is 16.6 Å². The Labute approximate surface area is 103 Å². The van der Waals surface area contributed by atoms with Gasteiger partial charge in [-0.25, -0.2) is 0 Å². The first kappa shape index (κ1) is 13.5. The summed E-state index contributed by atoms with van der Waals surface area (Å²) >= 11 is 1.44. The fourth-order valence-electron chi connectivity index (χ4n) is 1.14. The first-order valence-electron chi connectivity index (χ1n) is 4.95. The molecular weight excluding hydrogens is 240 g/mol. The third kappa shape index (κ3) is 4.46. The Balaban J connectivity index is 2.42. The number of hydrogen-bond acceptors (Lipinski definition) is 4. The molecule has 0 aliphatic carbocycles. The second-order valence-electron chi connectivity index (χ2n) is 3.52. The van der Waals surface area contributed by atoms with Crippen molar-refractivity contribution in [1.29, 1.82) is 0 Å². The van der Waals surface area contributed by atoms with Crippen LogP contribution in [0.15, 0.2) is 24.3 Å². The summed E-state index contributed by atoms with van der Waals surface area (Å²) in [5, 5.41) is 8.59. The number of carbonyl (C=O) groups is 2. The van der Waals surface area contributed by atoms with Crippen LogP contribution in [0.4, 0.5) is 0 Å². The lowest BCUT2D eigenvalue weighted by Crippen LogP contribution is -2.32. The quantitative estimate of drug-likeness (QED) is 0.682. The van der Waals surface area contributed by atoms with Gasteiger partial charge in [0.15, 0.2) is 0 Å². The van der Waals surface area contributed by atoms with E-state index < -0.39 is 17.9 Å². The van der Waals surface area contributed by atoms with E-state index in [2.05, 4.69) is 0 Å². The number of nitrogens with two attached hydrogens (primary N) is 2. The van der Waals surface area contributed by atoms with Crippen LogP contribution in [0, 0.1) is 0 Å². The summed E-state index contributed by atoms with van der Waals surface area (Å²) in [6.45, 7) is 0. The third-order valence-corrected chi connectivity index (χ3v) is 3.25. The molecular formula is C11H14N2O3S. The molecule has 1 atom stereocenters. The molecule has 5 nitrogen and oxygen atoms in total. The van der Waals surface area contributed by atoms with E-state index in [1.165, 1.54) is 11.8 Å².